The first-order valence-electron chi connectivity index (χ1n) is 6.27. The van der Waals surface area contributed by atoms with Crippen molar-refractivity contribution in [3.63, 3.8) is 0 Å². The van der Waals surface area contributed by atoms with Crippen molar-refractivity contribution in [2.24, 2.45) is 0 Å². The molecule has 0 atom stereocenters. The van der Waals surface area contributed by atoms with Crippen LogP contribution in [0.4, 0.5) is 5.69 Å². The van der Waals surface area contributed by atoms with Gasteiger partial charge in [0.25, 0.3) is 0 Å². The molecule has 0 saturated heterocycles. The normalized spacial score (nSPS) is 9.56. The Kier molecular flexibility index (Phi) is 6.82. The van der Waals surface area contributed by atoms with Crippen molar-refractivity contribution in [2.45, 2.75) is 26.2 Å². The van der Waals surface area contributed by atoms with Crippen LogP contribution in [0, 0.1) is 11.3 Å². The van der Waals surface area contributed by atoms with Crippen LogP contribution in [0.25, 0.3) is 0 Å². The van der Waals surface area contributed by atoms with Gasteiger partial charge in [0.15, 0.2) is 5.11 Å². The second kappa shape index (κ2) is 8.48. The molecule has 4 heteroatoms. The predicted octanol–water partition coefficient (Wildman–Crippen LogP) is 3.08. The third-order valence-electron chi connectivity index (χ3n) is 2.57. The van der Waals surface area contributed by atoms with Crippen molar-refractivity contribution >= 4 is 23.0 Å². The maximum absolute atomic E-state index is 8.72. The lowest BCUT2D eigenvalue weighted by Crippen LogP contribution is -2.40. The van der Waals surface area contributed by atoms with Gasteiger partial charge in [-0.3, -0.25) is 0 Å². The van der Waals surface area contributed by atoms with Crippen LogP contribution in [0.1, 0.15) is 26.2 Å². The third-order valence-corrected chi connectivity index (χ3v) is 2.93. The van der Waals surface area contributed by atoms with Crippen LogP contribution in [0.2, 0.25) is 0 Å². The quantitative estimate of drug-likeness (QED) is 0.631. The number of rotatable bonds is 6. The molecule has 18 heavy (non-hydrogen) atoms. The predicted molar refractivity (Wildman–Crippen MR) is 79.5 cm³/mol. The summed E-state index contributed by atoms with van der Waals surface area (Å²) in [6.45, 7) is 3.65. The molecule has 3 nitrogen and oxygen atoms in total. The van der Waals surface area contributed by atoms with E-state index in [0.29, 0.717) is 18.1 Å². The fourth-order valence-electron chi connectivity index (χ4n) is 1.59. The van der Waals surface area contributed by atoms with E-state index < -0.39 is 0 Å². The molecular weight excluding hydrogens is 242 g/mol. The number of hydrogen-bond acceptors (Lipinski definition) is 2. The van der Waals surface area contributed by atoms with E-state index in [2.05, 4.69) is 18.3 Å². The zero-order valence-electron chi connectivity index (χ0n) is 10.7. The molecule has 0 heterocycles. The van der Waals surface area contributed by atoms with Crippen molar-refractivity contribution in [3.05, 3.63) is 30.3 Å². The van der Waals surface area contributed by atoms with Crippen molar-refractivity contribution in [2.75, 3.05) is 18.0 Å². The fraction of sp³-hybridized carbons (Fsp3) is 0.429. The number of benzene rings is 1. The average molecular weight is 261 g/mol. The zero-order valence-corrected chi connectivity index (χ0v) is 11.5. The second-order valence-corrected chi connectivity index (χ2v) is 4.37. The molecule has 1 N–H and O–H groups in total. The van der Waals surface area contributed by atoms with Crippen molar-refractivity contribution < 1.29 is 0 Å². The zero-order chi connectivity index (χ0) is 13.2. The molecule has 1 aromatic carbocycles. The van der Waals surface area contributed by atoms with E-state index in [9.17, 15) is 0 Å². The Morgan fingerprint density at radius 1 is 1.39 bits per heavy atom. The summed E-state index contributed by atoms with van der Waals surface area (Å²) in [5.41, 5.74) is 1.03. The summed E-state index contributed by atoms with van der Waals surface area (Å²) < 4.78 is 0. The monoisotopic (exact) mass is 261 g/mol. The minimum absolute atomic E-state index is 0.463. The molecule has 0 saturated carbocycles. The minimum Gasteiger partial charge on any atom is -0.362 e. The SMILES string of the molecule is CCCCNC(=S)N(CCC#N)c1ccccc1. The molecule has 0 amide bonds. The number of nitriles is 1. The van der Waals surface area contributed by atoms with Gasteiger partial charge >= 0.3 is 0 Å². The molecule has 1 rings (SSSR count). The van der Waals surface area contributed by atoms with E-state index >= 15 is 0 Å². The number of nitrogens with zero attached hydrogens (tertiary/aromatic N) is 2. The van der Waals surface area contributed by atoms with Crippen LogP contribution in [-0.4, -0.2) is 18.2 Å². The second-order valence-electron chi connectivity index (χ2n) is 3.98. The maximum atomic E-state index is 8.72. The molecule has 1 aromatic rings. The van der Waals surface area contributed by atoms with Crippen LogP contribution < -0.4 is 10.2 Å². The van der Waals surface area contributed by atoms with Crippen molar-refractivity contribution in [1.29, 1.82) is 5.26 Å². The van der Waals surface area contributed by atoms with E-state index in [1.807, 2.05) is 35.2 Å². The first-order chi connectivity index (χ1) is 8.79. The minimum atomic E-state index is 0.463. The van der Waals surface area contributed by atoms with Gasteiger partial charge < -0.3 is 10.2 Å². The Hall–Kier alpha value is -1.60. The Bertz CT molecular complexity index is 397. The van der Waals surface area contributed by atoms with Gasteiger partial charge in [-0.25, -0.2) is 0 Å². The Morgan fingerprint density at radius 2 is 2.11 bits per heavy atom. The number of nitrogens with one attached hydrogen (secondary N) is 1. The molecule has 0 aromatic heterocycles. The summed E-state index contributed by atoms with van der Waals surface area (Å²) in [6.07, 6.45) is 2.70. The smallest absolute Gasteiger partial charge is 0.173 e. The van der Waals surface area contributed by atoms with E-state index in [-0.39, 0.29) is 0 Å². The van der Waals surface area contributed by atoms with Gasteiger partial charge in [0.05, 0.1) is 12.5 Å². The average Bonchev–Trinajstić information content (AvgIpc) is 2.41. The highest BCUT2D eigenvalue weighted by Crippen LogP contribution is 2.13. The van der Waals surface area contributed by atoms with E-state index in [1.165, 1.54) is 0 Å². The summed E-state index contributed by atoms with van der Waals surface area (Å²) in [6, 6.07) is 12.1. The highest BCUT2D eigenvalue weighted by Gasteiger charge is 2.10. The lowest BCUT2D eigenvalue weighted by atomic mass is 10.3. The Labute approximate surface area is 114 Å². The molecule has 0 spiro atoms. The van der Waals surface area contributed by atoms with Gasteiger partial charge in [0, 0.05) is 18.8 Å². The lowest BCUT2D eigenvalue weighted by Gasteiger charge is -2.25. The van der Waals surface area contributed by atoms with Crippen molar-refractivity contribution in [3.8, 4) is 6.07 Å². The van der Waals surface area contributed by atoms with Gasteiger partial charge in [-0.15, -0.1) is 0 Å². The summed E-state index contributed by atoms with van der Waals surface area (Å²) in [4.78, 5) is 1.98. The standard InChI is InChI=1S/C14H19N3S/c1-2-3-11-16-14(18)17(12-7-10-15)13-8-5-4-6-9-13/h4-6,8-9H,2-3,7,11-12H2,1H3,(H,16,18). The van der Waals surface area contributed by atoms with Gasteiger partial charge in [-0.2, -0.15) is 5.26 Å². The largest absolute Gasteiger partial charge is 0.362 e. The number of thiocarbonyl (C=S) groups is 1. The number of para-hydroxylation sites is 1. The first-order valence-corrected chi connectivity index (χ1v) is 6.67. The van der Waals surface area contributed by atoms with Crippen LogP contribution in [0.15, 0.2) is 30.3 Å². The highest BCUT2D eigenvalue weighted by molar-refractivity contribution is 7.80. The molecule has 0 aliphatic carbocycles. The first kappa shape index (κ1) is 14.5. The van der Waals surface area contributed by atoms with Gasteiger partial charge in [0.1, 0.15) is 0 Å². The number of unbranched alkanes of at least 4 members (excludes halogenated alkanes) is 1. The molecule has 0 aliphatic rings. The van der Waals surface area contributed by atoms with Gasteiger partial charge in [0.2, 0.25) is 0 Å². The third kappa shape index (κ3) is 4.72. The van der Waals surface area contributed by atoms with Crippen LogP contribution in [0.3, 0.4) is 0 Å². The highest BCUT2D eigenvalue weighted by atomic mass is 32.1. The molecule has 0 unspecified atom stereocenters. The fourth-order valence-corrected chi connectivity index (χ4v) is 1.88. The number of hydrogen-bond donors (Lipinski definition) is 1. The van der Waals surface area contributed by atoms with Crippen LogP contribution >= 0.6 is 12.2 Å². The molecule has 0 fully saturated rings. The van der Waals surface area contributed by atoms with E-state index in [0.717, 1.165) is 25.1 Å². The summed E-state index contributed by atoms with van der Waals surface area (Å²) in [7, 11) is 0. The van der Waals surface area contributed by atoms with Gasteiger partial charge in [-0.1, -0.05) is 31.5 Å². The summed E-state index contributed by atoms with van der Waals surface area (Å²) in [5.74, 6) is 0. The summed E-state index contributed by atoms with van der Waals surface area (Å²) >= 11 is 5.39. The molecule has 0 radical (unpaired) electrons. The molecule has 96 valence electrons. The molecule has 0 aliphatic heterocycles. The van der Waals surface area contributed by atoms with E-state index in [4.69, 9.17) is 17.5 Å². The van der Waals surface area contributed by atoms with Crippen LogP contribution in [0.5, 0.6) is 0 Å². The maximum Gasteiger partial charge on any atom is 0.173 e. The van der Waals surface area contributed by atoms with Gasteiger partial charge in [-0.05, 0) is 30.8 Å². The topological polar surface area (TPSA) is 39.1 Å². The molecular formula is C14H19N3S. The van der Waals surface area contributed by atoms with Crippen LogP contribution in [-0.2, 0) is 0 Å². The number of anilines is 1. The van der Waals surface area contributed by atoms with E-state index in [1.54, 1.807) is 0 Å². The van der Waals surface area contributed by atoms with Crippen molar-refractivity contribution in [1.82, 2.24) is 5.32 Å². The summed E-state index contributed by atoms with van der Waals surface area (Å²) in [5, 5.41) is 12.7. The lowest BCUT2D eigenvalue weighted by molar-refractivity contribution is 0.749. The molecule has 0 bridgehead atoms. The Morgan fingerprint density at radius 3 is 2.72 bits per heavy atom. The Balaban J connectivity index is 2.66.